The summed E-state index contributed by atoms with van der Waals surface area (Å²) in [7, 11) is 4.54. The van der Waals surface area contributed by atoms with Crippen LogP contribution in [0.2, 0.25) is 0 Å². The number of nitrogens with zero attached hydrogens (tertiary/aromatic N) is 2. The third kappa shape index (κ3) is 5.22. The molecule has 1 aliphatic heterocycles. The summed E-state index contributed by atoms with van der Waals surface area (Å²) in [6.07, 6.45) is -0.212. The summed E-state index contributed by atoms with van der Waals surface area (Å²) < 4.78 is 15.7. The number of carbonyl (C=O) groups excluding carboxylic acids is 3. The maximum atomic E-state index is 13.4. The molecule has 0 aliphatic carbocycles. The van der Waals surface area contributed by atoms with Gasteiger partial charge in [-0.2, -0.15) is 0 Å². The number of rotatable bonds is 9. The monoisotopic (exact) mass is 495 g/mol. The Morgan fingerprint density at radius 2 is 1.66 bits per heavy atom. The lowest BCUT2D eigenvalue weighted by Gasteiger charge is -2.21. The highest BCUT2D eigenvalue weighted by Gasteiger charge is 2.46. The first kappa shape index (κ1) is 24.1. The number of benzene rings is 2. The van der Waals surface area contributed by atoms with E-state index in [1.807, 2.05) is 17.5 Å². The van der Waals surface area contributed by atoms with Gasteiger partial charge in [-0.25, -0.2) is 9.69 Å². The van der Waals surface area contributed by atoms with Gasteiger partial charge in [0, 0.05) is 34.8 Å². The first-order valence-corrected chi connectivity index (χ1v) is 11.7. The molecular weight excluding hydrogens is 470 g/mol. The Morgan fingerprint density at radius 3 is 2.29 bits per heavy atom. The molecule has 1 atom stereocenters. The van der Waals surface area contributed by atoms with Crippen molar-refractivity contribution in [2.75, 3.05) is 31.5 Å². The number of imide groups is 1. The van der Waals surface area contributed by atoms with Crippen LogP contribution in [0.3, 0.4) is 0 Å². The van der Waals surface area contributed by atoms with E-state index < -0.39 is 23.9 Å². The molecule has 1 saturated heterocycles. The van der Waals surface area contributed by atoms with E-state index in [-0.39, 0.29) is 13.0 Å². The van der Waals surface area contributed by atoms with Crippen molar-refractivity contribution in [1.29, 1.82) is 0 Å². The van der Waals surface area contributed by atoms with Crippen molar-refractivity contribution in [3.05, 3.63) is 64.9 Å². The summed E-state index contributed by atoms with van der Waals surface area (Å²) in [6.45, 7) is 0.216. The van der Waals surface area contributed by atoms with E-state index in [2.05, 4.69) is 5.32 Å². The minimum absolute atomic E-state index is 0.212. The van der Waals surface area contributed by atoms with Crippen LogP contribution < -0.4 is 24.4 Å². The fourth-order valence-electron chi connectivity index (χ4n) is 3.84. The van der Waals surface area contributed by atoms with Gasteiger partial charge in [0.05, 0.1) is 40.0 Å². The van der Waals surface area contributed by atoms with Gasteiger partial charge in [-0.15, -0.1) is 11.3 Å². The first-order chi connectivity index (χ1) is 16.9. The number of carbonyl (C=O) groups is 3. The molecule has 0 unspecified atom stereocenters. The lowest BCUT2D eigenvalue weighted by Crippen LogP contribution is -2.37. The van der Waals surface area contributed by atoms with Gasteiger partial charge in [0.2, 0.25) is 5.91 Å². The van der Waals surface area contributed by atoms with Crippen LogP contribution in [0.4, 0.5) is 16.2 Å². The van der Waals surface area contributed by atoms with Gasteiger partial charge >= 0.3 is 6.03 Å². The number of nitrogens with one attached hydrogen (secondary N) is 1. The van der Waals surface area contributed by atoms with Gasteiger partial charge in [0.1, 0.15) is 23.3 Å². The van der Waals surface area contributed by atoms with Crippen molar-refractivity contribution >= 4 is 40.6 Å². The molecule has 1 aromatic heterocycles. The Balaban J connectivity index is 1.59. The zero-order valence-corrected chi connectivity index (χ0v) is 20.3. The van der Waals surface area contributed by atoms with Crippen LogP contribution in [0.5, 0.6) is 17.2 Å². The molecule has 0 spiro atoms. The van der Waals surface area contributed by atoms with E-state index in [4.69, 9.17) is 14.2 Å². The minimum Gasteiger partial charge on any atom is -0.497 e. The van der Waals surface area contributed by atoms with Gasteiger partial charge < -0.3 is 24.4 Å². The summed E-state index contributed by atoms with van der Waals surface area (Å²) in [4.78, 5) is 43.3. The summed E-state index contributed by atoms with van der Waals surface area (Å²) in [6, 6.07) is 14.0. The standard InChI is InChI=1S/C25H25N3O6S/c1-32-18-7-4-6-17(12-18)28-24(30)22(27(25(28)31)15-21-8-5-9-35-21)14-23(29)26-16-10-19(33-2)13-20(11-16)34-3/h4-13,22H,14-15H2,1-3H3,(H,26,29)/t22-/m0/s1. The van der Waals surface area contributed by atoms with Gasteiger partial charge in [0.15, 0.2) is 0 Å². The second kappa shape index (κ2) is 10.5. The quantitative estimate of drug-likeness (QED) is 0.448. The Hall–Kier alpha value is -4.05. The predicted octanol–water partition coefficient (Wildman–Crippen LogP) is 4.14. The molecule has 10 heteroatoms. The van der Waals surface area contributed by atoms with Crippen molar-refractivity contribution in [1.82, 2.24) is 4.90 Å². The molecule has 0 radical (unpaired) electrons. The molecule has 3 aromatic rings. The highest BCUT2D eigenvalue weighted by atomic mass is 32.1. The van der Waals surface area contributed by atoms with E-state index in [9.17, 15) is 14.4 Å². The first-order valence-electron chi connectivity index (χ1n) is 10.8. The number of methoxy groups -OCH3 is 3. The molecule has 2 heterocycles. The molecule has 1 aliphatic rings. The molecule has 9 nitrogen and oxygen atoms in total. The van der Waals surface area contributed by atoms with E-state index in [0.717, 1.165) is 9.78 Å². The predicted molar refractivity (Wildman–Crippen MR) is 132 cm³/mol. The zero-order chi connectivity index (χ0) is 24.9. The maximum absolute atomic E-state index is 13.4. The molecule has 1 fully saturated rings. The number of hydrogen-bond acceptors (Lipinski definition) is 7. The van der Waals surface area contributed by atoms with Crippen molar-refractivity contribution < 1.29 is 28.6 Å². The lowest BCUT2D eigenvalue weighted by atomic mass is 10.1. The summed E-state index contributed by atoms with van der Waals surface area (Å²) in [5.41, 5.74) is 0.841. The van der Waals surface area contributed by atoms with Crippen molar-refractivity contribution in [3.63, 3.8) is 0 Å². The van der Waals surface area contributed by atoms with Crippen LogP contribution in [0.1, 0.15) is 11.3 Å². The summed E-state index contributed by atoms with van der Waals surface area (Å²) >= 11 is 1.48. The average Bonchev–Trinajstić information content (AvgIpc) is 3.46. The maximum Gasteiger partial charge on any atom is 0.332 e. The van der Waals surface area contributed by atoms with Crippen LogP contribution in [0, 0.1) is 0 Å². The smallest absolute Gasteiger partial charge is 0.332 e. The summed E-state index contributed by atoms with van der Waals surface area (Å²) in [5.74, 6) is 0.639. The second-order valence-corrected chi connectivity index (χ2v) is 8.77. The fourth-order valence-corrected chi connectivity index (χ4v) is 4.54. The van der Waals surface area contributed by atoms with Crippen LogP contribution in [0.25, 0.3) is 0 Å². The zero-order valence-electron chi connectivity index (χ0n) is 19.5. The Kier molecular flexibility index (Phi) is 7.21. The molecule has 0 bridgehead atoms. The third-order valence-corrected chi connectivity index (χ3v) is 6.41. The van der Waals surface area contributed by atoms with E-state index in [1.54, 1.807) is 42.5 Å². The molecule has 35 heavy (non-hydrogen) atoms. The molecule has 182 valence electrons. The minimum atomic E-state index is -0.969. The lowest BCUT2D eigenvalue weighted by molar-refractivity contribution is -0.124. The number of thiophene rings is 1. The van der Waals surface area contributed by atoms with Crippen LogP contribution >= 0.6 is 11.3 Å². The average molecular weight is 496 g/mol. The fraction of sp³-hybridized carbons (Fsp3) is 0.240. The number of hydrogen-bond donors (Lipinski definition) is 1. The Bertz CT molecular complexity index is 1210. The van der Waals surface area contributed by atoms with Crippen molar-refractivity contribution in [2.45, 2.75) is 19.0 Å². The molecule has 4 rings (SSSR count). The second-order valence-electron chi connectivity index (χ2n) is 7.73. The third-order valence-electron chi connectivity index (χ3n) is 5.55. The van der Waals surface area contributed by atoms with E-state index >= 15 is 0 Å². The molecular formula is C25H25N3O6S. The topological polar surface area (TPSA) is 97.4 Å². The number of ether oxygens (including phenoxy) is 3. The molecule has 1 N–H and O–H groups in total. The SMILES string of the molecule is COc1cc(NC(=O)C[C@H]2C(=O)N(c3cccc(OC)c3)C(=O)N2Cc2cccs2)cc(OC)c1. The van der Waals surface area contributed by atoms with Crippen molar-refractivity contribution in [2.24, 2.45) is 0 Å². The number of anilines is 2. The van der Waals surface area contributed by atoms with Gasteiger partial charge in [-0.3, -0.25) is 9.59 Å². The van der Waals surface area contributed by atoms with Crippen LogP contribution in [-0.4, -0.2) is 50.1 Å². The number of amides is 4. The molecule has 0 saturated carbocycles. The van der Waals surface area contributed by atoms with Gasteiger partial charge in [0.25, 0.3) is 5.91 Å². The van der Waals surface area contributed by atoms with Gasteiger partial charge in [-0.1, -0.05) is 12.1 Å². The highest BCUT2D eigenvalue weighted by molar-refractivity contribution is 7.09. The van der Waals surface area contributed by atoms with E-state index in [1.165, 1.54) is 37.6 Å². The van der Waals surface area contributed by atoms with E-state index in [0.29, 0.717) is 28.6 Å². The normalized spacial score (nSPS) is 15.3. The van der Waals surface area contributed by atoms with Crippen LogP contribution in [0.15, 0.2) is 60.0 Å². The summed E-state index contributed by atoms with van der Waals surface area (Å²) in [5, 5.41) is 4.68. The molecule has 2 aromatic carbocycles. The van der Waals surface area contributed by atoms with Crippen LogP contribution in [-0.2, 0) is 16.1 Å². The van der Waals surface area contributed by atoms with Crippen molar-refractivity contribution in [3.8, 4) is 17.2 Å². The Morgan fingerprint density at radius 1 is 0.943 bits per heavy atom. The molecule has 4 amide bonds. The Labute approximate surface area is 206 Å². The van der Waals surface area contributed by atoms with Gasteiger partial charge in [-0.05, 0) is 23.6 Å². The highest BCUT2D eigenvalue weighted by Crippen LogP contribution is 2.32. The number of urea groups is 1. The largest absolute Gasteiger partial charge is 0.497 e.